The molecule has 2 heteroatoms. The van der Waals surface area contributed by atoms with E-state index in [1.165, 1.54) is 62.8 Å². The van der Waals surface area contributed by atoms with Crippen LogP contribution in [0.3, 0.4) is 0 Å². The van der Waals surface area contributed by atoms with Crippen LogP contribution in [-0.4, -0.2) is 13.1 Å². The molecule has 1 rings (SSSR count). The van der Waals surface area contributed by atoms with Crippen molar-refractivity contribution in [3.63, 3.8) is 0 Å². The van der Waals surface area contributed by atoms with E-state index in [1.54, 1.807) is 5.57 Å². The molecular formula is C28H44O2. The second kappa shape index (κ2) is 13.5. The van der Waals surface area contributed by atoms with Crippen LogP contribution in [0.5, 0.6) is 0 Å². The second-order valence-corrected chi connectivity index (χ2v) is 9.35. The van der Waals surface area contributed by atoms with Crippen LogP contribution < -0.4 is 0 Å². The molecule has 2 nitrogen and oxygen atoms in total. The maximum atomic E-state index is 11.2. The van der Waals surface area contributed by atoms with E-state index in [-0.39, 0.29) is 11.4 Å². The van der Waals surface area contributed by atoms with Gasteiger partial charge in [-0.05, 0) is 67.4 Å². The summed E-state index contributed by atoms with van der Waals surface area (Å²) >= 11 is 0. The molecule has 0 aliphatic heterocycles. The Morgan fingerprint density at radius 3 is 2.50 bits per heavy atom. The van der Waals surface area contributed by atoms with Crippen molar-refractivity contribution in [2.24, 2.45) is 11.8 Å². The molecule has 0 saturated carbocycles. The summed E-state index contributed by atoms with van der Waals surface area (Å²) in [6.45, 7) is 14.0. The fourth-order valence-corrected chi connectivity index (χ4v) is 3.93. The van der Waals surface area contributed by atoms with Crippen molar-refractivity contribution in [1.82, 2.24) is 0 Å². The molecule has 0 spiro atoms. The molecule has 0 aliphatic rings. The maximum absolute atomic E-state index is 11.2. The van der Waals surface area contributed by atoms with E-state index < -0.39 is 0 Å². The number of allylic oxidation sites excluding steroid dienone is 3. The third kappa shape index (κ3) is 9.32. The van der Waals surface area contributed by atoms with Gasteiger partial charge in [0.25, 0.3) is 0 Å². The normalized spacial score (nSPS) is 13.8. The van der Waals surface area contributed by atoms with Crippen molar-refractivity contribution in [2.75, 3.05) is 7.11 Å². The fourth-order valence-electron chi connectivity index (χ4n) is 3.93. The van der Waals surface area contributed by atoms with Gasteiger partial charge >= 0.3 is 5.97 Å². The minimum atomic E-state index is -0.300. The van der Waals surface area contributed by atoms with Crippen LogP contribution in [0.15, 0.2) is 48.1 Å². The van der Waals surface area contributed by atoms with Gasteiger partial charge in [-0.15, -0.1) is 0 Å². The predicted octanol–water partition coefficient (Wildman–Crippen LogP) is 7.81. The van der Waals surface area contributed by atoms with E-state index in [0.717, 1.165) is 12.3 Å². The monoisotopic (exact) mass is 412 g/mol. The molecule has 0 aliphatic carbocycles. The van der Waals surface area contributed by atoms with Gasteiger partial charge in [0.1, 0.15) is 0 Å². The van der Waals surface area contributed by atoms with Crippen molar-refractivity contribution >= 4 is 5.97 Å². The molecule has 168 valence electrons. The van der Waals surface area contributed by atoms with Gasteiger partial charge in [0, 0.05) is 6.08 Å². The van der Waals surface area contributed by atoms with Crippen molar-refractivity contribution in [3.05, 3.63) is 59.2 Å². The van der Waals surface area contributed by atoms with E-state index in [1.807, 2.05) is 6.08 Å². The lowest BCUT2D eigenvalue weighted by atomic mass is 9.79. The number of unbranched alkanes of at least 4 members (excludes halogenated alkanes) is 1. The van der Waals surface area contributed by atoms with E-state index >= 15 is 0 Å². The molecule has 1 atom stereocenters. The molecule has 0 bridgehead atoms. The first-order valence-electron chi connectivity index (χ1n) is 11.8. The van der Waals surface area contributed by atoms with Gasteiger partial charge in [0.05, 0.1) is 7.11 Å². The van der Waals surface area contributed by atoms with E-state index in [0.29, 0.717) is 5.92 Å². The summed E-state index contributed by atoms with van der Waals surface area (Å²) in [6, 6.07) is 8.77. The van der Waals surface area contributed by atoms with Crippen LogP contribution in [0, 0.1) is 11.8 Å². The van der Waals surface area contributed by atoms with Crippen molar-refractivity contribution in [2.45, 2.75) is 91.9 Å². The van der Waals surface area contributed by atoms with Crippen molar-refractivity contribution in [3.8, 4) is 0 Å². The number of ether oxygens (including phenoxy) is 1. The van der Waals surface area contributed by atoms with Gasteiger partial charge in [-0.1, -0.05) is 89.5 Å². The minimum absolute atomic E-state index is 0.158. The van der Waals surface area contributed by atoms with E-state index in [9.17, 15) is 4.79 Å². The number of esters is 1. The molecule has 0 amide bonds. The Hall–Kier alpha value is -1.83. The van der Waals surface area contributed by atoms with Gasteiger partial charge in [0.2, 0.25) is 0 Å². The summed E-state index contributed by atoms with van der Waals surface area (Å²) < 4.78 is 4.65. The fraction of sp³-hybridized carbons (Fsp3) is 0.607. The second-order valence-electron chi connectivity index (χ2n) is 9.35. The van der Waals surface area contributed by atoms with Gasteiger partial charge in [-0.2, -0.15) is 0 Å². The number of rotatable bonds is 13. The Balaban J connectivity index is 2.56. The molecule has 0 radical (unpaired) electrons. The van der Waals surface area contributed by atoms with Crippen molar-refractivity contribution < 1.29 is 9.53 Å². The van der Waals surface area contributed by atoms with Gasteiger partial charge in [-0.25, -0.2) is 4.79 Å². The lowest BCUT2D eigenvalue weighted by molar-refractivity contribution is -0.134. The minimum Gasteiger partial charge on any atom is -0.466 e. The highest BCUT2D eigenvalue weighted by molar-refractivity contribution is 5.81. The third-order valence-corrected chi connectivity index (χ3v) is 6.53. The van der Waals surface area contributed by atoms with Crippen molar-refractivity contribution in [1.29, 1.82) is 0 Å². The molecule has 0 unspecified atom stereocenters. The highest BCUT2D eigenvalue weighted by Crippen LogP contribution is 2.31. The average Bonchev–Trinajstić information content (AvgIpc) is 2.74. The van der Waals surface area contributed by atoms with E-state index in [2.05, 4.69) is 76.6 Å². The topological polar surface area (TPSA) is 26.3 Å². The molecule has 1 aromatic carbocycles. The standard InChI is InChI=1S/C28H44O2/c1-8-24(9-2)20-23(4)22(3)14-10-11-19-28(5,6)26-17-12-15-25(21-26)16-13-18-27(29)30-7/h12-13,15,17-18,20-22,24H,8-11,14,16,19H2,1-7H3/b18-13+,23-20-/t22-/m0/s1. The molecule has 0 fully saturated rings. The summed E-state index contributed by atoms with van der Waals surface area (Å²) in [4.78, 5) is 11.2. The van der Waals surface area contributed by atoms with Gasteiger partial charge in [0.15, 0.2) is 0 Å². The zero-order valence-corrected chi connectivity index (χ0v) is 20.5. The molecule has 30 heavy (non-hydrogen) atoms. The molecular weight excluding hydrogens is 368 g/mol. The molecule has 0 N–H and O–H groups in total. The summed E-state index contributed by atoms with van der Waals surface area (Å²) in [5.74, 6) is 1.12. The summed E-state index contributed by atoms with van der Waals surface area (Å²) in [7, 11) is 1.40. The molecule has 1 aromatic rings. The zero-order valence-electron chi connectivity index (χ0n) is 20.5. The SMILES string of the molecule is CCC(/C=C(/C)[C@@H](C)CCCCC(C)(C)c1cccc(C/C=C/C(=O)OC)c1)CC. The van der Waals surface area contributed by atoms with Gasteiger partial charge < -0.3 is 4.74 Å². The predicted molar refractivity (Wildman–Crippen MR) is 130 cm³/mol. The Morgan fingerprint density at radius 2 is 1.87 bits per heavy atom. The van der Waals surface area contributed by atoms with Gasteiger partial charge in [-0.3, -0.25) is 0 Å². The molecule has 0 saturated heterocycles. The molecule has 0 heterocycles. The number of methoxy groups -OCH3 is 1. The maximum Gasteiger partial charge on any atom is 0.330 e. The smallest absolute Gasteiger partial charge is 0.330 e. The highest BCUT2D eigenvalue weighted by Gasteiger charge is 2.20. The highest BCUT2D eigenvalue weighted by atomic mass is 16.5. The summed E-state index contributed by atoms with van der Waals surface area (Å²) in [5.41, 5.74) is 4.34. The number of carbonyl (C=O) groups is 1. The summed E-state index contributed by atoms with van der Waals surface area (Å²) in [5, 5.41) is 0. The lowest BCUT2D eigenvalue weighted by Gasteiger charge is -2.26. The Kier molecular flexibility index (Phi) is 11.8. The first kappa shape index (κ1) is 26.2. The van der Waals surface area contributed by atoms with Crippen LogP contribution in [0.2, 0.25) is 0 Å². The quantitative estimate of drug-likeness (QED) is 0.143. The third-order valence-electron chi connectivity index (χ3n) is 6.53. The number of benzene rings is 1. The first-order valence-corrected chi connectivity index (χ1v) is 11.8. The number of hydrogen-bond donors (Lipinski definition) is 0. The first-order chi connectivity index (χ1) is 14.2. The van der Waals surface area contributed by atoms with Crippen LogP contribution in [0.4, 0.5) is 0 Å². The van der Waals surface area contributed by atoms with E-state index in [4.69, 9.17) is 0 Å². The largest absolute Gasteiger partial charge is 0.466 e. The summed E-state index contributed by atoms with van der Waals surface area (Å²) in [6.07, 6.45) is 14.1. The lowest BCUT2D eigenvalue weighted by Crippen LogP contribution is -2.17. The number of hydrogen-bond acceptors (Lipinski definition) is 2. The Bertz CT molecular complexity index is 692. The number of carbonyl (C=O) groups excluding carboxylic acids is 1. The van der Waals surface area contributed by atoms with Crippen LogP contribution in [0.1, 0.15) is 91.2 Å². The molecule has 0 aromatic heterocycles. The zero-order chi connectivity index (χ0) is 22.6. The van der Waals surface area contributed by atoms with Crippen LogP contribution in [-0.2, 0) is 21.4 Å². The average molecular weight is 413 g/mol. The Labute approximate surface area is 185 Å². The Morgan fingerprint density at radius 1 is 1.17 bits per heavy atom. The van der Waals surface area contributed by atoms with Crippen LogP contribution in [0.25, 0.3) is 0 Å². The van der Waals surface area contributed by atoms with Crippen LogP contribution >= 0.6 is 0 Å².